The second-order valence-corrected chi connectivity index (χ2v) is 7.05. The van der Waals surface area contributed by atoms with E-state index in [9.17, 15) is 13.5 Å². The van der Waals surface area contributed by atoms with Crippen molar-refractivity contribution in [2.24, 2.45) is 0 Å². The van der Waals surface area contributed by atoms with Gasteiger partial charge >= 0.3 is 0 Å². The number of rotatable bonds is 5. The third-order valence-corrected chi connectivity index (χ3v) is 4.87. The SMILES string of the molecule is CCS(=O)(=O)CC(C)Nc1ccc(C)c(O)c1C. The molecule has 0 bridgehead atoms. The minimum Gasteiger partial charge on any atom is -0.507 e. The Bertz CT molecular complexity index is 523. The summed E-state index contributed by atoms with van der Waals surface area (Å²) in [6.45, 7) is 7.11. The molecule has 18 heavy (non-hydrogen) atoms. The molecule has 0 saturated heterocycles. The van der Waals surface area contributed by atoms with E-state index in [-0.39, 0.29) is 23.3 Å². The van der Waals surface area contributed by atoms with E-state index in [0.29, 0.717) is 0 Å². The van der Waals surface area contributed by atoms with Crippen LogP contribution < -0.4 is 5.32 Å². The first-order valence-corrected chi connectivity index (χ1v) is 7.85. The lowest BCUT2D eigenvalue weighted by molar-refractivity contribution is 0.467. The zero-order chi connectivity index (χ0) is 13.9. The van der Waals surface area contributed by atoms with Crippen molar-refractivity contribution in [3.8, 4) is 5.75 Å². The highest BCUT2D eigenvalue weighted by molar-refractivity contribution is 7.91. The smallest absolute Gasteiger partial charge is 0.152 e. The second kappa shape index (κ2) is 5.61. The number of aryl methyl sites for hydroxylation is 1. The van der Waals surface area contributed by atoms with Gasteiger partial charge < -0.3 is 10.4 Å². The summed E-state index contributed by atoms with van der Waals surface area (Å²) in [4.78, 5) is 0. The number of phenols is 1. The minimum absolute atomic E-state index is 0.0948. The van der Waals surface area contributed by atoms with Gasteiger partial charge in [-0.2, -0.15) is 0 Å². The molecule has 0 aliphatic carbocycles. The summed E-state index contributed by atoms with van der Waals surface area (Å²) in [7, 11) is -2.99. The number of anilines is 1. The van der Waals surface area contributed by atoms with Gasteiger partial charge in [0.05, 0.1) is 5.75 Å². The van der Waals surface area contributed by atoms with Crippen LogP contribution in [0.5, 0.6) is 5.75 Å². The van der Waals surface area contributed by atoms with Gasteiger partial charge in [0.1, 0.15) is 5.75 Å². The summed E-state index contributed by atoms with van der Waals surface area (Å²) in [6, 6.07) is 3.49. The molecule has 4 nitrogen and oxygen atoms in total. The number of hydrogen-bond acceptors (Lipinski definition) is 4. The van der Waals surface area contributed by atoms with Crippen molar-refractivity contribution in [2.45, 2.75) is 33.7 Å². The van der Waals surface area contributed by atoms with Crippen molar-refractivity contribution >= 4 is 15.5 Å². The lowest BCUT2D eigenvalue weighted by atomic mass is 10.1. The van der Waals surface area contributed by atoms with Gasteiger partial charge in [0.15, 0.2) is 9.84 Å². The largest absolute Gasteiger partial charge is 0.507 e. The minimum atomic E-state index is -2.99. The number of phenolic OH excluding ortho intramolecular Hbond substituents is 1. The normalized spacial score (nSPS) is 13.3. The zero-order valence-electron chi connectivity index (χ0n) is 11.3. The van der Waals surface area contributed by atoms with Crippen LogP contribution in [0, 0.1) is 13.8 Å². The lowest BCUT2D eigenvalue weighted by Crippen LogP contribution is -2.27. The van der Waals surface area contributed by atoms with Crippen LogP contribution in [-0.4, -0.2) is 31.1 Å². The topological polar surface area (TPSA) is 66.4 Å². The van der Waals surface area contributed by atoms with Gasteiger partial charge in [0.2, 0.25) is 0 Å². The van der Waals surface area contributed by atoms with Crippen LogP contribution in [-0.2, 0) is 9.84 Å². The maximum Gasteiger partial charge on any atom is 0.152 e. The molecular formula is C13H21NO3S. The van der Waals surface area contributed by atoms with E-state index in [1.165, 1.54) is 0 Å². The van der Waals surface area contributed by atoms with Gasteiger partial charge in [-0.1, -0.05) is 13.0 Å². The molecule has 0 amide bonds. The average molecular weight is 271 g/mol. The number of benzene rings is 1. The zero-order valence-corrected chi connectivity index (χ0v) is 12.1. The first-order chi connectivity index (χ1) is 8.26. The molecular weight excluding hydrogens is 250 g/mol. The molecule has 5 heteroatoms. The van der Waals surface area contributed by atoms with Crippen molar-refractivity contribution in [1.29, 1.82) is 0 Å². The number of aromatic hydroxyl groups is 1. The molecule has 0 aromatic heterocycles. The van der Waals surface area contributed by atoms with Crippen molar-refractivity contribution in [3.63, 3.8) is 0 Å². The quantitative estimate of drug-likeness (QED) is 0.862. The highest BCUT2D eigenvalue weighted by Gasteiger charge is 2.15. The van der Waals surface area contributed by atoms with Crippen LogP contribution >= 0.6 is 0 Å². The summed E-state index contributed by atoms with van der Waals surface area (Å²) in [5.41, 5.74) is 2.33. The van der Waals surface area contributed by atoms with E-state index in [4.69, 9.17) is 0 Å². The van der Waals surface area contributed by atoms with Crippen LogP contribution in [0.1, 0.15) is 25.0 Å². The van der Waals surface area contributed by atoms with Gasteiger partial charge in [0, 0.05) is 23.0 Å². The Kier molecular flexibility index (Phi) is 4.62. The number of nitrogens with one attached hydrogen (secondary N) is 1. The van der Waals surface area contributed by atoms with Gasteiger partial charge in [-0.3, -0.25) is 0 Å². The highest BCUT2D eigenvalue weighted by Crippen LogP contribution is 2.28. The van der Waals surface area contributed by atoms with Crippen LogP contribution in [0.2, 0.25) is 0 Å². The summed E-state index contributed by atoms with van der Waals surface area (Å²) >= 11 is 0. The number of hydrogen-bond donors (Lipinski definition) is 2. The Morgan fingerprint density at radius 2 is 1.94 bits per heavy atom. The molecule has 0 radical (unpaired) electrons. The van der Waals surface area contributed by atoms with Gasteiger partial charge in [0.25, 0.3) is 0 Å². The van der Waals surface area contributed by atoms with Crippen molar-refractivity contribution in [3.05, 3.63) is 23.3 Å². The molecule has 1 atom stereocenters. The molecule has 1 rings (SSSR count). The Labute approximate surface area is 109 Å². The molecule has 0 aliphatic heterocycles. The van der Waals surface area contributed by atoms with E-state index < -0.39 is 9.84 Å². The second-order valence-electron chi connectivity index (χ2n) is 4.65. The van der Waals surface area contributed by atoms with E-state index in [0.717, 1.165) is 16.8 Å². The molecule has 102 valence electrons. The fraction of sp³-hybridized carbons (Fsp3) is 0.538. The third kappa shape index (κ3) is 3.63. The summed E-state index contributed by atoms with van der Waals surface area (Å²) in [5, 5.41) is 12.9. The van der Waals surface area contributed by atoms with Crippen molar-refractivity contribution in [1.82, 2.24) is 0 Å². The predicted molar refractivity (Wildman–Crippen MR) is 75.0 cm³/mol. The molecule has 0 spiro atoms. The van der Waals surface area contributed by atoms with Crippen LogP contribution in [0.3, 0.4) is 0 Å². The molecule has 0 fully saturated rings. The van der Waals surface area contributed by atoms with E-state index in [2.05, 4.69) is 5.32 Å². The van der Waals surface area contributed by atoms with Crippen LogP contribution in [0.4, 0.5) is 5.69 Å². The van der Waals surface area contributed by atoms with E-state index in [1.54, 1.807) is 6.92 Å². The lowest BCUT2D eigenvalue weighted by Gasteiger charge is -2.18. The van der Waals surface area contributed by atoms with Gasteiger partial charge in [-0.05, 0) is 32.4 Å². The summed E-state index contributed by atoms with van der Waals surface area (Å²) < 4.78 is 23.0. The third-order valence-electron chi connectivity index (χ3n) is 2.98. The molecule has 1 aromatic carbocycles. The first kappa shape index (κ1) is 14.8. The molecule has 0 aliphatic rings. The molecule has 2 N–H and O–H groups in total. The molecule has 1 unspecified atom stereocenters. The highest BCUT2D eigenvalue weighted by atomic mass is 32.2. The number of sulfone groups is 1. The van der Waals surface area contributed by atoms with Gasteiger partial charge in [-0.15, -0.1) is 0 Å². The summed E-state index contributed by atoms with van der Waals surface area (Å²) in [6.07, 6.45) is 0. The maximum atomic E-state index is 11.5. The van der Waals surface area contributed by atoms with Crippen molar-refractivity contribution < 1.29 is 13.5 Å². The molecule has 1 aromatic rings. The van der Waals surface area contributed by atoms with Crippen molar-refractivity contribution in [2.75, 3.05) is 16.8 Å². The Morgan fingerprint density at radius 1 is 1.33 bits per heavy atom. The van der Waals surface area contributed by atoms with Crippen LogP contribution in [0.15, 0.2) is 12.1 Å². The summed E-state index contributed by atoms with van der Waals surface area (Å²) in [5.74, 6) is 0.500. The van der Waals surface area contributed by atoms with Crippen LogP contribution in [0.25, 0.3) is 0 Å². The fourth-order valence-electron chi connectivity index (χ4n) is 1.80. The predicted octanol–water partition coefficient (Wildman–Crippen LogP) is 2.24. The Balaban J connectivity index is 2.83. The average Bonchev–Trinajstić information content (AvgIpc) is 2.29. The molecule has 0 heterocycles. The fourth-order valence-corrected chi connectivity index (χ4v) is 2.88. The van der Waals surface area contributed by atoms with Gasteiger partial charge in [-0.25, -0.2) is 8.42 Å². The standard InChI is InChI=1S/C13H21NO3S/c1-5-18(16,17)8-10(3)14-12-7-6-9(2)13(15)11(12)4/h6-7,10,14-15H,5,8H2,1-4H3. The Morgan fingerprint density at radius 3 is 2.50 bits per heavy atom. The maximum absolute atomic E-state index is 11.5. The molecule has 0 saturated carbocycles. The monoisotopic (exact) mass is 271 g/mol. The Hall–Kier alpha value is -1.23. The van der Waals surface area contributed by atoms with E-state index >= 15 is 0 Å². The first-order valence-electron chi connectivity index (χ1n) is 6.03. The van der Waals surface area contributed by atoms with E-state index in [1.807, 2.05) is 32.9 Å².